The Balaban J connectivity index is 2.53. The number of carbonyl (C=O) groups is 4. The van der Waals surface area contributed by atoms with Crippen LogP contribution < -0.4 is 10.6 Å². The van der Waals surface area contributed by atoms with Crippen molar-refractivity contribution in [3.63, 3.8) is 0 Å². The number of nitrogens with zero attached hydrogens (tertiary/aromatic N) is 1. The molecule has 2 aromatic carbocycles. The highest BCUT2D eigenvalue weighted by atomic mass is 16.6. The summed E-state index contributed by atoms with van der Waals surface area (Å²) in [5.74, 6) is -1.67. The normalized spacial score (nSPS) is 12.7. The van der Waals surface area contributed by atoms with E-state index in [0.717, 1.165) is 5.56 Å². The third-order valence-electron chi connectivity index (χ3n) is 5.70. The molecule has 0 saturated heterocycles. The summed E-state index contributed by atoms with van der Waals surface area (Å²) in [4.78, 5) is 53.6. The standard InChI is InChI=1S/C29H39N3O7/c1-18(2)32(25(21-10-8-9-19(3)15-21)26(35)30-17-24(34)38-7)27(36)23(31-28(37)39-29(4,5)6)16-20-11-13-22(33)14-12-20/h8-15,18,23,25,33H,16-17H2,1-7H3,(H,30,35)(H,31,37). The number of esters is 1. The number of aryl methyl sites for hydroxylation is 1. The molecule has 0 radical (unpaired) electrons. The first-order chi connectivity index (χ1) is 18.2. The maximum atomic E-state index is 14.2. The maximum Gasteiger partial charge on any atom is 0.408 e. The Kier molecular flexibility index (Phi) is 10.9. The summed E-state index contributed by atoms with van der Waals surface area (Å²) in [6.07, 6.45) is -0.711. The molecule has 3 N–H and O–H groups in total. The van der Waals surface area contributed by atoms with Gasteiger partial charge in [-0.2, -0.15) is 0 Å². The number of alkyl carbamates (subject to hydrolysis) is 1. The highest BCUT2D eigenvalue weighted by molar-refractivity contribution is 5.93. The molecule has 0 aliphatic carbocycles. The molecule has 0 aromatic heterocycles. The summed E-state index contributed by atoms with van der Waals surface area (Å²) in [5.41, 5.74) is 1.29. The molecule has 2 aromatic rings. The van der Waals surface area contributed by atoms with Gasteiger partial charge >= 0.3 is 12.1 Å². The predicted molar refractivity (Wildman–Crippen MR) is 146 cm³/mol. The highest BCUT2D eigenvalue weighted by Crippen LogP contribution is 2.26. The monoisotopic (exact) mass is 541 g/mol. The van der Waals surface area contributed by atoms with Crippen LogP contribution >= 0.6 is 0 Å². The largest absolute Gasteiger partial charge is 0.508 e. The third-order valence-corrected chi connectivity index (χ3v) is 5.70. The molecular formula is C29H39N3O7. The van der Waals surface area contributed by atoms with Gasteiger partial charge in [0.1, 0.15) is 30.0 Å². The second-order valence-corrected chi connectivity index (χ2v) is 10.5. The van der Waals surface area contributed by atoms with E-state index in [9.17, 15) is 24.3 Å². The van der Waals surface area contributed by atoms with Crippen molar-refractivity contribution in [1.82, 2.24) is 15.5 Å². The molecule has 2 unspecified atom stereocenters. The SMILES string of the molecule is COC(=O)CNC(=O)C(c1cccc(C)c1)N(C(=O)C(Cc1ccc(O)cc1)NC(=O)OC(C)(C)C)C(C)C. The summed E-state index contributed by atoms with van der Waals surface area (Å²) >= 11 is 0. The van der Waals surface area contributed by atoms with Crippen LogP contribution in [0.4, 0.5) is 4.79 Å². The molecule has 3 amide bonds. The van der Waals surface area contributed by atoms with Crippen LogP contribution in [0.15, 0.2) is 48.5 Å². The summed E-state index contributed by atoms with van der Waals surface area (Å²) in [6.45, 7) is 10.2. The lowest BCUT2D eigenvalue weighted by Crippen LogP contribution is -2.56. The second-order valence-electron chi connectivity index (χ2n) is 10.5. The lowest BCUT2D eigenvalue weighted by molar-refractivity contribution is -0.146. The molecule has 10 nitrogen and oxygen atoms in total. The lowest BCUT2D eigenvalue weighted by atomic mass is 9.98. The molecule has 212 valence electrons. The van der Waals surface area contributed by atoms with Crippen molar-refractivity contribution in [3.8, 4) is 5.75 Å². The lowest BCUT2D eigenvalue weighted by Gasteiger charge is -2.37. The van der Waals surface area contributed by atoms with Crippen LogP contribution in [0, 0.1) is 6.92 Å². The van der Waals surface area contributed by atoms with Gasteiger partial charge in [0.25, 0.3) is 0 Å². The Morgan fingerprint density at radius 3 is 2.21 bits per heavy atom. The molecule has 0 fully saturated rings. The molecule has 0 aliphatic heterocycles. The minimum atomic E-state index is -1.11. The minimum absolute atomic E-state index is 0.0623. The van der Waals surface area contributed by atoms with Gasteiger partial charge in [0.15, 0.2) is 0 Å². The van der Waals surface area contributed by atoms with E-state index >= 15 is 0 Å². The van der Waals surface area contributed by atoms with E-state index in [2.05, 4.69) is 15.4 Å². The Labute approximate surface area is 229 Å². The van der Waals surface area contributed by atoms with E-state index in [1.807, 2.05) is 13.0 Å². The molecular weight excluding hydrogens is 502 g/mol. The first-order valence-electron chi connectivity index (χ1n) is 12.7. The van der Waals surface area contributed by atoms with Crippen LogP contribution in [0.1, 0.15) is 57.4 Å². The fourth-order valence-corrected chi connectivity index (χ4v) is 3.98. The maximum absolute atomic E-state index is 14.2. The van der Waals surface area contributed by atoms with E-state index in [-0.39, 0.29) is 18.7 Å². The van der Waals surface area contributed by atoms with Gasteiger partial charge in [-0.1, -0.05) is 42.0 Å². The molecule has 0 bridgehead atoms. The molecule has 2 rings (SSSR count). The van der Waals surface area contributed by atoms with Crippen molar-refractivity contribution in [3.05, 3.63) is 65.2 Å². The number of hydrogen-bond acceptors (Lipinski definition) is 7. The van der Waals surface area contributed by atoms with Gasteiger partial charge in [-0.3, -0.25) is 14.4 Å². The molecule has 0 aliphatic rings. The van der Waals surface area contributed by atoms with Gasteiger partial charge in [-0.15, -0.1) is 0 Å². The van der Waals surface area contributed by atoms with Crippen LogP contribution in [0.3, 0.4) is 0 Å². The molecule has 39 heavy (non-hydrogen) atoms. The zero-order chi connectivity index (χ0) is 29.3. The van der Waals surface area contributed by atoms with Crippen molar-refractivity contribution in [2.45, 2.75) is 71.7 Å². The fraction of sp³-hybridized carbons (Fsp3) is 0.448. The molecule has 0 spiro atoms. The summed E-state index contributed by atoms with van der Waals surface area (Å²) < 4.78 is 10.1. The first kappa shape index (κ1) is 31.1. The fourth-order valence-electron chi connectivity index (χ4n) is 3.98. The number of benzene rings is 2. The van der Waals surface area contributed by atoms with E-state index in [4.69, 9.17) is 4.74 Å². The number of aromatic hydroxyl groups is 1. The van der Waals surface area contributed by atoms with Crippen LogP contribution in [0.25, 0.3) is 0 Å². The van der Waals surface area contributed by atoms with Crippen LogP contribution in [0.2, 0.25) is 0 Å². The number of hydrogen-bond donors (Lipinski definition) is 3. The number of carbonyl (C=O) groups excluding carboxylic acids is 4. The summed E-state index contributed by atoms with van der Waals surface area (Å²) in [5, 5.41) is 14.9. The van der Waals surface area contributed by atoms with Gasteiger partial charge in [0, 0.05) is 12.5 Å². The Morgan fingerprint density at radius 1 is 1.03 bits per heavy atom. The van der Waals surface area contributed by atoms with Gasteiger partial charge < -0.3 is 30.1 Å². The smallest absolute Gasteiger partial charge is 0.408 e. The van der Waals surface area contributed by atoms with Gasteiger partial charge in [-0.05, 0) is 64.8 Å². The van der Waals surface area contributed by atoms with E-state index in [1.54, 1.807) is 65.0 Å². The first-order valence-corrected chi connectivity index (χ1v) is 12.7. The number of methoxy groups -OCH3 is 1. The van der Waals surface area contributed by atoms with E-state index < -0.39 is 47.6 Å². The average molecular weight is 542 g/mol. The van der Waals surface area contributed by atoms with Gasteiger partial charge in [0.2, 0.25) is 11.8 Å². The Bertz CT molecular complexity index is 1160. The van der Waals surface area contributed by atoms with Crippen molar-refractivity contribution in [1.29, 1.82) is 0 Å². The molecule has 2 atom stereocenters. The molecule has 10 heteroatoms. The van der Waals surface area contributed by atoms with Crippen LogP contribution in [-0.4, -0.2) is 65.2 Å². The number of phenolic OH excluding ortho intramolecular Hbond substituents is 1. The van der Waals surface area contributed by atoms with Crippen LogP contribution in [-0.2, 0) is 30.3 Å². The second kappa shape index (κ2) is 13.6. The topological polar surface area (TPSA) is 134 Å². The van der Waals surface area contributed by atoms with Crippen molar-refractivity contribution >= 4 is 23.9 Å². The number of ether oxygens (including phenoxy) is 2. The Morgan fingerprint density at radius 2 is 1.67 bits per heavy atom. The average Bonchev–Trinajstić information content (AvgIpc) is 2.84. The predicted octanol–water partition coefficient (Wildman–Crippen LogP) is 3.40. The van der Waals surface area contributed by atoms with E-state index in [0.29, 0.717) is 11.1 Å². The number of phenols is 1. The van der Waals surface area contributed by atoms with Gasteiger partial charge in [-0.25, -0.2) is 4.79 Å². The summed E-state index contributed by atoms with van der Waals surface area (Å²) in [7, 11) is 1.22. The van der Waals surface area contributed by atoms with Crippen molar-refractivity contribution in [2.75, 3.05) is 13.7 Å². The van der Waals surface area contributed by atoms with Crippen molar-refractivity contribution in [2.24, 2.45) is 0 Å². The molecule has 0 heterocycles. The van der Waals surface area contributed by atoms with Crippen molar-refractivity contribution < 1.29 is 33.8 Å². The zero-order valence-electron chi connectivity index (χ0n) is 23.6. The minimum Gasteiger partial charge on any atom is -0.508 e. The Hall–Kier alpha value is -4.08. The highest BCUT2D eigenvalue weighted by Gasteiger charge is 2.38. The van der Waals surface area contributed by atoms with Gasteiger partial charge in [0.05, 0.1) is 7.11 Å². The van der Waals surface area contributed by atoms with E-state index in [1.165, 1.54) is 24.1 Å². The number of amides is 3. The molecule has 0 saturated carbocycles. The summed E-state index contributed by atoms with van der Waals surface area (Å²) in [6, 6.07) is 10.7. The van der Waals surface area contributed by atoms with Crippen LogP contribution in [0.5, 0.6) is 5.75 Å². The quantitative estimate of drug-likeness (QED) is 0.393. The zero-order valence-corrected chi connectivity index (χ0v) is 23.6. The third kappa shape index (κ3) is 9.63. The number of nitrogens with one attached hydrogen (secondary N) is 2. The number of rotatable bonds is 10.